The molecule has 3 saturated heterocycles. The molecule has 3 aliphatic rings. The summed E-state index contributed by atoms with van der Waals surface area (Å²) in [5.74, 6) is 0.358. The maximum Gasteiger partial charge on any atom is 0.608 e. The van der Waals surface area contributed by atoms with Gasteiger partial charge in [0, 0.05) is 13.2 Å². The lowest BCUT2D eigenvalue weighted by atomic mass is 9.91. The van der Waals surface area contributed by atoms with Gasteiger partial charge in [-0.25, -0.2) is 0 Å². The summed E-state index contributed by atoms with van der Waals surface area (Å²) < 4.78 is 10.3. The molecule has 0 radical (unpaired) electrons. The van der Waals surface area contributed by atoms with Gasteiger partial charge in [-0.2, -0.15) is 15.5 Å². The fourth-order valence-electron chi connectivity index (χ4n) is 1.39. The second-order valence-corrected chi connectivity index (χ2v) is 2.71. The lowest BCUT2D eigenvalue weighted by Crippen LogP contribution is -2.60. The maximum absolute atomic E-state index is 8.74. The molecule has 13 heavy (non-hydrogen) atoms. The van der Waals surface area contributed by atoms with Crippen LogP contribution in [0.25, 0.3) is 0 Å². The van der Waals surface area contributed by atoms with Gasteiger partial charge in [0.05, 0.1) is 5.92 Å². The minimum Gasteiger partial charge on any atom is -0.390 e. The Balaban J connectivity index is 2.31. The number of aliphatic imine (C=N–C) groups is 1. The summed E-state index contributed by atoms with van der Waals surface area (Å²) in [7, 11) is -0.693. The fourth-order valence-corrected chi connectivity index (χ4v) is 1.39. The highest BCUT2D eigenvalue weighted by molar-refractivity contribution is 6.47. The molecular weight excluding hydrogens is 171 g/mol. The Bertz CT molecular complexity index is 323. The van der Waals surface area contributed by atoms with E-state index in [-0.39, 0.29) is 5.92 Å². The van der Waals surface area contributed by atoms with Gasteiger partial charge in [0.15, 0.2) is 6.19 Å². The van der Waals surface area contributed by atoms with Crippen LogP contribution in [0.1, 0.15) is 0 Å². The highest BCUT2D eigenvalue weighted by Crippen LogP contribution is 2.22. The SMILES string of the molecule is N#CN=C1C2COB(OC2)N1C#N. The molecule has 0 aromatic heterocycles. The third-order valence-corrected chi connectivity index (χ3v) is 1.98. The number of hydrogen-bond donors (Lipinski definition) is 0. The molecule has 3 heterocycles. The predicted molar refractivity (Wildman–Crippen MR) is 41.6 cm³/mol. The molecule has 0 atom stereocenters. The molecule has 3 rings (SSSR count). The molecular formula is C6H5BN4O2. The van der Waals surface area contributed by atoms with Gasteiger partial charge in [0.1, 0.15) is 5.84 Å². The average molecular weight is 176 g/mol. The highest BCUT2D eigenvalue weighted by Gasteiger charge is 2.46. The van der Waals surface area contributed by atoms with E-state index in [0.717, 1.165) is 0 Å². The van der Waals surface area contributed by atoms with Crippen molar-refractivity contribution in [2.24, 2.45) is 10.9 Å². The molecule has 6 nitrogen and oxygen atoms in total. The summed E-state index contributed by atoms with van der Waals surface area (Å²) in [6.07, 6.45) is 3.54. The lowest BCUT2D eigenvalue weighted by Gasteiger charge is -2.38. The number of nitrogens with zero attached hydrogens (tertiary/aromatic N) is 4. The van der Waals surface area contributed by atoms with E-state index in [1.165, 1.54) is 4.81 Å². The minimum absolute atomic E-state index is 0.0932. The van der Waals surface area contributed by atoms with Crippen LogP contribution in [0.2, 0.25) is 0 Å². The summed E-state index contributed by atoms with van der Waals surface area (Å²) in [5.41, 5.74) is 0. The standard InChI is InChI=1S/C6H5BN4O2/c8-3-10-6-5-1-12-7(13-2-5)11(6)4-9/h5H,1-2H2. The smallest absolute Gasteiger partial charge is 0.390 e. The first-order valence-corrected chi connectivity index (χ1v) is 3.75. The Hall–Kier alpha value is -1.57. The van der Waals surface area contributed by atoms with Crippen molar-refractivity contribution < 1.29 is 9.31 Å². The molecule has 0 amide bonds. The summed E-state index contributed by atoms with van der Waals surface area (Å²) in [6, 6.07) is 0. The number of rotatable bonds is 0. The Labute approximate surface area is 75.1 Å². The highest BCUT2D eigenvalue weighted by atomic mass is 16.6. The predicted octanol–water partition coefficient (Wildman–Crippen LogP) is -0.689. The van der Waals surface area contributed by atoms with Crippen LogP contribution in [0.3, 0.4) is 0 Å². The minimum atomic E-state index is -0.693. The third kappa shape index (κ3) is 1.15. The number of fused-ring (bicyclic) bond motifs is 3. The van der Waals surface area contributed by atoms with Gasteiger partial charge in [-0.3, -0.25) is 4.81 Å². The van der Waals surface area contributed by atoms with Crippen LogP contribution in [0.5, 0.6) is 0 Å². The lowest BCUT2D eigenvalue weighted by molar-refractivity contribution is 0.0665. The molecule has 7 heteroatoms. The summed E-state index contributed by atoms with van der Waals surface area (Å²) in [6.45, 7) is 0.923. The normalized spacial score (nSPS) is 24.6. The van der Waals surface area contributed by atoms with Crippen LogP contribution in [-0.2, 0) is 9.31 Å². The van der Waals surface area contributed by atoms with E-state index in [1.54, 1.807) is 6.19 Å². The maximum atomic E-state index is 8.74. The van der Waals surface area contributed by atoms with Gasteiger partial charge in [-0.05, 0) is 0 Å². The number of amidine groups is 1. The Morgan fingerprint density at radius 3 is 2.69 bits per heavy atom. The van der Waals surface area contributed by atoms with Crippen molar-refractivity contribution in [1.29, 1.82) is 10.5 Å². The Morgan fingerprint density at radius 2 is 2.15 bits per heavy atom. The molecule has 64 valence electrons. The van der Waals surface area contributed by atoms with Crippen LogP contribution in [-0.4, -0.2) is 31.1 Å². The van der Waals surface area contributed by atoms with Gasteiger partial charge < -0.3 is 9.31 Å². The fraction of sp³-hybridized carbons (Fsp3) is 0.500. The van der Waals surface area contributed by atoms with E-state index in [1.807, 2.05) is 6.19 Å². The number of nitriles is 2. The van der Waals surface area contributed by atoms with Crippen molar-refractivity contribution in [2.75, 3.05) is 13.2 Å². The summed E-state index contributed by atoms with van der Waals surface area (Å²) >= 11 is 0. The van der Waals surface area contributed by atoms with E-state index >= 15 is 0 Å². The first-order chi connectivity index (χ1) is 6.36. The van der Waals surface area contributed by atoms with Crippen molar-refractivity contribution in [3.63, 3.8) is 0 Å². The first-order valence-electron chi connectivity index (χ1n) is 3.75. The van der Waals surface area contributed by atoms with Gasteiger partial charge in [-0.15, -0.1) is 0 Å². The zero-order chi connectivity index (χ0) is 9.26. The van der Waals surface area contributed by atoms with Crippen molar-refractivity contribution in [3.05, 3.63) is 0 Å². The van der Waals surface area contributed by atoms with Gasteiger partial charge >= 0.3 is 7.25 Å². The summed E-state index contributed by atoms with van der Waals surface area (Å²) in [4.78, 5) is 4.77. The molecule has 0 aromatic rings. The van der Waals surface area contributed by atoms with Gasteiger partial charge in [0.25, 0.3) is 0 Å². The molecule has 3 fully saturated rings. The zero-order valence-electron chi connectivity index (χ0n) is 6.67. The molecule has 0 aromatic carbocycles. The van der Waals surface area contributed by atoms with Crippen LogP contribution in [0, 0.1) is 28.8 Å². The Morgan fingerprint density at radius 1 is 1.46 bits per heavy atom. The van der Waals surface area contributed by atoms with Gasteiger partial charge in [0.2, 0.25) is 6.19 Å². The van der Waals surface area contributed by atoms with Crippen LogP contribution in [0.15, 0.2) is 4.99 Å². The Kier molecular flexibility index (Phi) is 1.89. The van der Waals surface area contributed by atoms with Gasteiger partial charge in [-0.1, -0.05) is 0 Å². The molecule has 0 saturated carbocycles. The quantitative estimate of drug-likeness (QED) is 0.360. The third-order valence-electron chi connectivity index (χ3n) is 1.98. The molecule has 0 aliphatic carbocycles. The zero-order valence-corrected chi connectivity index (χ0v) is 6.67. The van der Waals surface area contributed by atoms with E-state index in [0.29, 0.717) is 19.0 Å². The van der Waals surface area contributed by atoms with Crippen LogP contribution >= 0.6 is 0 Å². The van der Waals surface area contributed by atoms with Crippen molar-refractivity contribution in [3.8, 4) is 12.4 Å². The van der Waals surface area contributed by atoms with Crippen molar-refractivity contribution >= 4 is 13.1 Å². The second-order valence-electron chi connectivity index (χ2n) is 2.71. The van der Waals surface area contributed by atoms with Crippen molar-refractivity contribution in [2.45, 2.75) is 0 Å². The second kappa shape index (κ2) is 3.06. The molecule has 2 bridgehead atoms. The van der Waals surface area contributed by atoms with Crippen LogP contribution in [0.4, 0.5) is 0 Å². The molecule has 0 spiro atoms. The van der Waals surface area contributed by atoms with Crippen molar-refractivity contribution in [1.82, 2.24) is 4.81 Å². The van der Waals surface area contributed by atoms with Crippen LogP contribution < -0.4 is 0 Å². The number of hydrogen-bond acceptors (Lipinski definition) is 5. The first kappa shape index (κ1) is 8.05. The van der Waals surface area contributed by atoms with E-state index in [9.17, 15) is 0 Å². The molecule has 3 aliphatic heterocycles. The van der Waals surface area contributed by atoms with E-state index in [4.69, 9.17) is 19.8 Å². The summed E-state index contributed by atoms with van der Waals surface area (Å²) in [5, 5.41) is 17.1. The topological polar surface area (TPSA) is 81.6 Å². The largest absolute Gasteiger partial charge is 0.608 e. The monoisotopic (exact) mass is 176 g/mol. The molecule has 0 N–H and O–H groups in total. The average Bonchev–Trinajstić information content (AvgIpc) is 2.20. The van der Waals surface area contributed by atoms with E-state index < -0.39 is 7.25 Å². The molecule has 0 unspecified atom stereocenters. The van der Waals surface area contributed by atoms with E-state index in [2.05, 4.69) is 4.99 Å².